The molecule has 20 heavy (non-hydrogen) atoms. The number of benzene rings is 1. The summed E-state index contributed by atoms with van der Waals surface area (Å²) in [5.74, 6) is -0.0611. The molecule has 3 N–H and O–H groups in total. The van der Waals surface area contributed by atoms with Crippen LogP contribution in [0.5, 0.6) is 0 Å². The monoisotopic (exact) mass is 318 g/mol. The van der Waals surface area contributed by atoms with Crippen molar-refractivity contribution < 1.29 is 13.2 Å². The first-order valence-corrected chi connectivity index (χ1v) is 8.59. The van der Waals surface area contributed by atoms with Gasteiger partial charge in [-0.15, -0.1) is 0 Å². The SMILES string of the molecule is CCCS(=O)(=O)CCCC(=O)Nc1ccc(Cl)cc1N. The number of rotatable bonds is 7. The fourth-order valence-corrected chi connectivity index (χ4v) is 3.32. The number of nitrogens with one attached hydrogen (secondary N) is 1. The van der Waals surface area contributed by atoms with Crippen LogP contribution in [0.4, 0.5) is 11.4 Å². The van der Waals surface area contributed by atoms with Gasteiger partial charge in [-0.25, -0.2) is 8.42 Å². The molecule has 7 heteroatoms. The van der Waals surface area contributed by atoms with Crippen LogP contribution in [0.1, 0.15) is 26.2 Å². The third-order valence-electron chi connectivity index (χ3n) is 2.66. The van der Waals surface area contributed by atoms with E-state index in [-0.39, 0.29) is 23.8 Å². The van der Waals surface area contributed by atoms with Crippen LogP contribution in [-0.2, 0) is 14.6 Å². The molecule has 0 aliphatic heterocycles. The first-order chi connectivity index (χ1) is 9.34. The van der Waals surface area contributed by atoms with Crippen LogP contribution in [0.15, 0.2) is 18.2 Å². The maximum Gasteiger partial charge on any atom is 0.224 e. The molecule has 1 aromatic rings. The van der Waals surface area contributed by atoms with E-state index in [1.54, 1.807) is 18.2 Å². The Morgan fingerprint density at radius 2 is 2.05 bits per heavy atom. The van der Waals surface area contributed by atoms with Crippen LogP contribution in [-0.4, -0.2) is 25.8 Å². The van der Waals surface area contributed by atoms with Gasteiger partial charge in [0, 0.05) is 17.2 Å². The summed E-state index contributed by atoms with van der Waals surface area (Å²) in [5, 5.41) is 3.13. The van der Waals surface area contributed by atoms with E-state index in [1.807, 2.05) is 6.92 Å². The van der Waals surface area contributed by atoms with Gasteiger partial charge in [0.05, 0.1) is 17.1 Å². The second kappa shape index (κ2) is 7.50. The number of anilines is 2. The molecule has 0 aliphatic rings. The van der Waals surface area contributed by atoms with Crippen molar-refractivity contribution in [1.29, 1.82) is 0 Å². The Morgan fingerprint density at radius 1 is 1.35 bits per heavy atom. The third kappa shape index (κ3) is 5.79. The van der Waals surface area contributed by atoms with E-state index in [9.17, 15) is 13.2 Å². The number of nitrogen functional groups attached to an aromatic ring is 1. The minimum Gasteiger partial charge on any atom is -0.397 e. The lowest BCUT2D eigenvalue weighted by Crippen LogP contribution is -2.16. The summed E-state index contributed by atoms with van der Waals surface area (Å²) in [7, 11) is -3.04. The van der Waals surface area contributed by atoms with Crippen LogP contribution in [0.3, 0.4) is 0 Å². The summed E-state index contributed by atoms with van der Waals surface area (Å²) in [6.45, 7) is 1.81. The molecule has 0 fully saturated rings. The van der Waals surface area contributed by atoms with E-state index in [0.29, 0.717) is 29.2 Å². The Kier molecular flexibility index (Phi) is 6.29. The van der Waals surface area contributed by atoms with Gasteiger partial charge in [0.25, 0.3) is 0 Å². The summed E-state index contributed by atoms with van der Waals surface area (Å²) in [6, 6.07) is 4.78. The van der Waals surface area contributed by atoms with E-state index in [4.69, 9.17) is 17.3 Å². The summed E-state index contributed by atoms with van der Waals surface area (Å²) in [6.07, 6.45) is 1.04. The number of halogens is 1. The molecule has 1 rings (SSSR count). The smallest absolute Gasteiger partial charge is 0.224 e. The van der Waals surface area contributed by atoms with E-state index in [0.717, 1.165) is 0 Å². The summed E-state index contributed by atoms with van der Waals surface area (Å²) >= 11 is 5.76. The standard InChI is InChI=1S/C13H19ClN2O3S/c1-2-7-20(18,19)8-3-4-13(17)16-12-6-5-10(14)9-11(12)15/h5-6,9H,2-4,7-8,15H2,1H3,(H,16,17). The van der Waals surface area contributed by atoms with Gasteiger partial charge in [-0.3, -0.25) is 4.79 Å². The highest BCUT2D eigenvalue weighted by atomic mass is 35.5. The number of amides is 1. The molecule has 0 unspecified atom stereocenters. The quantitative estimate of drug-likeness (QED) is 0.756. The first kappa shape index (κ1) is 16.8. The van der Waals surface area contributed by atoms with Crippen molar-refractivity contribution in [2.75, 3.05) is 22.6 Å². The van der Waals surface area contributed by atoms with Gasteiger partial charge in [0.2, 0.25) is 5.91 Å². The first-order valence-electron chi connectivity index (χ1n) is 6.39. The van der Waals surface area contributed by atoms with Crippen LogP contribution in [0.2, 0.25) is 5.02 Å². The molecule has 0 saturated carbocycles. The zero-order valence-corrected chi connectivity index (χ0v) is 12.9. The van der Waals surface area contributed by atoms with Crippen molar-refractivity contribution in [2.45, 2.75) is 26.2 Å². The van der Waals surface area contributed by atoms with Gasteiger partial charge in [-0.1, -0.05) is 18.5 Å². The zero-order valence-electron chi connectivity index (χ0n) is 11.4. The molecule has 1 amide bonds. The Morgan fingerprint density at radius 3 is 2.65 bits per heavy atom. The van der Waals surface area contributed by atoms with Crippen molar-refractivity contribution in [1.82, 2.24) is 0 Å². The number of hydrogen-bond acceptors (Lipinski definition) is 4. The fraction of sp³-hybridized carbons (Fsp3) is 0.462. The van der Waals surface area contributed by atoms with E-state index in [2.05, 4.69) is 5.32 Å². The highest BCUT2D eigenvalue weighted by molar-refractivity contribution is 7.91. The molecule has 0 saturated heterocycles. The van der Waals surface area contributed by atoms with E-state index < -0.39 is 9.84 Å². The Bertz CT molecular complexity index is 573. The highest BCUT2D eigenvalue weighted by Gasteiger charge is 2.11. The highest BCUT2D eigenvalue weighted by Crippen LogP contribution is 2.22. The zero-order chi connectivity index (χ0) is 15.2. The van der Waals surface area contributed by atoms with Gasteiger partial charge in [0.1, 0.15) is 9.84 Å². The number of carbonyl (C=O) groups excluding carboxylic acids is 1. The van der Waals surface area contributed by atoms with Gasteiger partial charge in [0.15, 0.2) is 0 Å². The molecule has 112 valence electrons. The fourth-order valence-electron chi connectivity index (χ4n) is 1.73. The molecular formula is C13H19ClN2O3S. The van der Waals surface area contributed by atoms with Crippen molar-refractivity contribution >= 4 is 38.7 Å². The molecule has 5 nitrogen and oxygen atoms in total. The second-order valence-corrected chi connectivity index (χ2v) is 7.28. The molecule has 0 radical (unpaired) electrons. The lowest BCUT2D eigenvalue weighted by atomic mass is 10.2. The average molecular weight is 319 g/mol. The van der Waals surface area contributed by atoms with Crippen LogP contribution in [0, 0.1) is 0 Å². The van der Waals surface area contributed by atoms with Crippen molar-refractivity contribution in [3.63, 3.8) is 0 Å². The van der Waals surface area contributed by atoms with Crippen LogP contribution < -0.4 is 11.1 Å². The Balaban J connectivity index is 2.45. The van der Waals surface area contributed by atoms with Crippen molar-refractivity contribution in [3.8, 4) is 0 Å². The predicted molar refractivity (Wildman–Crippen MR) is 82.7 cm³/mol. The minimum absolute atomic E-state index is 0.0321. The van der Waals surface area contributed by atoms with Gasteiger partial charge < -0.3 is 11.1 Å². The molecule has 0 heterocycles. The molecule has 0 aromatic heterocycles. The lowest BCUT2D eigenvalue weighted by Gasteiger charge is -2.08. The molecule has 0 spiro atoms. The van der Waals surface area contributed by atoms with Crippen LogP contribution >= 0.6 is 11.6 Å². The summed E-state index contributed by atoms with van der Waals surface area (Å²) < 4.78 is 23.0. The number of hydrogen-bond donors (Lipinski definition) is 2. The van der Waals surface area contributed by atoms with E-state index >= 15 is 0 Å². The molecule has 0 bridgehead atoms. The van der Waals surface area contributed by atoms with Gasteiger partial charge in [-0.2, -0.15) is 0 Å². The largest absolute Gasteiger partial charge is 0.397 e. The molecule has 1 aromatic carbocycles. The summed E-state index contributed by atoms with van der Waals surface area (Å²) in [4.78, 5) is 11.7. The normalized spacial score (nSPS) is 11.3. The van der Waals surface area contributed by atoms with Gasteiger partial charge >= 0.3 is 0 Å². The van der Waals surface area contributed by atoms with Crippen LogP contribution in [0.25, 0.3) is 0 Å². The minimum atomic E-state index is -3.04. The topological polar surface area (TPSA) is 89.3 Å². The third-order valence-corrected chi connectivity index (χ3v) is 4.84. The maximum absolute atomic E-state index is 11.7. The number of sulfone groups is 1. The molecule has 0 atom stereocenters. The molecular weight excluding hydrogens is 300 g/mol. The number of carbonyl (C=O) groups is 1. The average Bonchev–Trinajstić information content (AvgIpc) is 2.32. The number of nitrogens with two attached hydrogens (primary N) is 1. The molecule has 0 aliphatic carbocycles. The van der Waals surface area contributed by atoms with Crippen molar-refractivity contribution in [2.24, 2.45) is 0 Å². The Labute approximate surface area is 124 Å². The van der Waals surface area contributed by atoms with Crippen molar-refractivity contribution in [3.05, 3.63) is 23.2 Å². The summed E-state index contributed by atoms with van der Waals surface area (Å²) in [5.41, 5.74) is 6.57. The van der Waals surface area contributed by atoms with Gasteiger partial charge in [-0.05, 0) is 31.0 Å². The maximum atomic E-state index is 11.7. The van der Waals surface area contributed by atoms with E-state index in [1.165, 1.54) is 0 Å². The Hall–Kier alpha value is -1.27. The lowest BCUT2D eigenvalue weighted by molar-refractivity contribution is -0.116. The predicted octanol–water partition coefficient (Wildman–Crippen LogP) is 2.47. The second-order valence-electron chi connectivity index (χ2n) is 4.54.